The summed E-state index contributed by atoms with van der Waals surface area (Å²) in [7, 11) is 0. The molecule has 0 aromatic heterocycles. The number of anilines is 1. The van der Waals surface area contributed by atoms with E-state index in [9.17, 15) is 18.8 Å². The normalized spacial score (nSPS) is 22.0. The van der Waals surface area contributed by atoms with Gasteiger partial charge in [0.25, 0.3) is 5.91 Å². The minimum Gasteiger partial charge on any atom is -0.325 e. The van der Waals surface area contributed by atoms with Gasteiger partial charge in [0.05, 0.1) is 12.1 Å². The smallest absolute Gasteiger partial charge is 0.257 e. The largest absolute Gasteiger partial charge is 0.325 e. The molecule has 1 atom stereocenters. The van der Waals surface area contributed by atoms with E-state index in [0.29, 0.717) is 11.3 Å². The second-order valence-corrected chi connectivity index (χ2v) is 9.59. The van der Waals surface area contributed by atoms with Gasteiger partial charge in [-0.1, -0.05) is 58.0 Å². The molecule has 0 radical (unpaired) electrons. The first-order valence-corrected chi connectivity index (χ1v) is 10.5. The van der Waals surface area contributed by atoms with E-state index in [-0.39, 0.29) is 47.3 Å². The van der Waals surface area contributed by atoms with E-state index in [0.717, 1.165) is 0 Å². The van der Waals surface area contributed by atoms with Gasteiger partial charge in [0.15, 0.2) is 0 Å². The predicted molar refractivity (Wildman–Crippen MR) is 115 cm³/mol. The maximum atomic E-state index is 13.7. The lowest BCUT2D eigenvalue weighted by atomic mass is 10.0. The average Bonchev–Trinajstić information content (AvgIpc) is 2.96. The van der Waals surface area contributed by atoms with Crippen LogP contribution in [-0.4, -0.2) is 28.7 Å². The number of rotatable bonds is 5. The quantitative estimate of drug-likeness (QED) is 0.680. The maximum Gasteiger partial charge on any atom is 0.257 e. The first kappa shape index (κ1) is 21.2. The molecule has 2 aromatic rings. The fourth-order valence-corrected chi connectivity index (χ4v) is 4.82. The third-order valence-corrected chi connectivity index (χ3v) is 7.33. The molecule has 6 heteroatoms. The van der Waals surface area contributed by atoms with Gasteiger partial charge in [-0.25, -0.2) is 9.29 Å². The molecule has 2 fully saturated rings. The molecule has 4 rings (SSSR count). The van der Waals surface area contributed by atoms with Gasteiger partial charge in [-0.3, -0.25) is 14.4 Å². The van der Waals surface area contributed by atoms with Crippen molar-refractivity contribution in [2.45, 2.75) is 46.7 Å². The Morgan fingerprint density at radius 2 is 1.58 bits per heavy atom. The van der Waals surface area contributed by atoms with Gasteiger partial charge in [0, 0.05) is 12.5 Å². The fraction of sp³-hybridized carbons (Fsp3) is 0.400. The second kappa shape index (κ2) is 7.29. The molecule has 2 aromatic carbocycles. The number of imide groups is 1. The Morgan fingerprint density at radius 3 is 2.13 bits per heavy atom. The zero-order valence-electron chi connectivity index (χ0n) is 18.3. The molecule has 1 unspecified atom stereocenters. The molecule has 1 aliphatic carbocycles. The third kappa shape index (κ3) is 3.44. The summed E-state index contributed by atoms with van der Waals surface area (Å²) in [5.74, 6) is -1.49. The molecule has 1 heterocycles. The summed E-state index contributed by atoms with van der Waals surface area (Å²) in [5.41, 5.74) is 0.789. The van der Waals surface area contributed by atoms with Gasteiger partial charge < -0.3 is 4.90 Å². The molecule has 0 N–H and O–H groups in total. The molecule has 3 amide bonds. The summed E-state index contributed by atoms with van der Waals surface area (Å²) >= 11 is 0. The number of amides is 3. The number of carbonyl (C=O) groups is 3. The Labute approximate surface area is 181 Å². The highest BCUT2D eigenvalue weighted by atomic mass is 19.1. The van der Waals surface area contributed by atoms with E-state index >= 15 is 0 Å². The van der Waals surface area contributed by atoms with Crippen LogP contribution in [0.25, 0.3) is 0 Å². The summed E-state index contributed by atoms with van der Waals surface area (Å²) < 4.78 is 13.4. The lowest BCUT2D eigenvalue weighted by molar-refractivity contribution is -0.141. The van der Waals surface area contributed by atoms with Crippen molar-refractivity contribution in [2.24, 2.45) is 16.7 Å². The first-order chi connectivity index (χ1) is 14.6. The fourth-order valence-electron chi connectivity index (χ4n) is 4.82. The van der Waals surface area contributed by atoms with Gasteiger partial charge in [0.1, 0.15) is 11.9 Å². The summed E-state index contributed by atoms with van der Waals surface area (Å²) in [6.07, 6.45) is -0.0613. The number of hydrogen-bond acceptors (Lipinski definition) is 3. The molecule has 0 bridgehead atoms. The van der Waals surface area contributed by atoms with Gasteiger partial charge in [-0.15, -0.1) is 0 Å². The van der Waals surface area contributed by atoms with Crippen LogP contribution in [0.1, 0.15) is 39.7 Å². The van der Waals surface area contributed by atoms with Crippen molar-refractivity contribution in [3.8, 4) is 0 Å². The van der Waals surface area contributed by atoms with Crippen LogP contribution >= 0.6 is 0 Å². The monoisotopic (exact) mass is 422 g/mol. The van der Waals surface area contributed by atoms with Crippen LogP contribution < -0.4 is 4.90 Å². The zero-order valence-corrected chi connectivity index (χ0v) is 18.3. The van der Waals surface area contributed by atoms with Crippen LogP contribution in [0.15, 0.2) is 54.6 Å². The molecular formula is C25H27FN2O3. The number of halogens is 1. The van der Waals surface area contributed by atoms with E-state index in [1.807, 2.05) is 33.8 Å². The highest BCUT2D eigenvalue weighted by molar-refractivity contribution is 6.23. The number of benzene rings is 2. The predicted octanol–water partition coefficient (Wildman–Crippen LogP) is 4.17. The van der Waals surface area contributed by atoms with E-state index in [2.05, 4.69) is 0 Å². The number of carbonyl (C=O) groups excluding carboxylic acids is 3. The number of para-hydroxylation sites is 1. The molecule has 31 heavy (non-hydrogen) atoms. The Hall–Kier alpha value is -3.02. The molecule has 1 saturated heterocycles. The maximum absolute atomic E-state index is 13.7. The topological polar surface area (TPSA) is 57.7 Å². The zero-order chi connectivity index (χ0) is 22.6. The molecule has 2 aliphatic rings. The first-order valence-electron chi connectivity index (χ1n) is 10.5. The third-order valence-electron chi connectivity index (χ3n) is 7.33. The lowest BCUT2D eigenvalue weighted by Gasteiger charge is -2.29. The van der Waals surface area contributed by atoms with Gasteiger partial charge in [0.2, 0.25) is 11.8 Å². The molecule has 0 spiro atoms. The molecule has 5 nitrogen and oxygen atoms in total. The summed E-state index contributed by atoms with van der Waals surface area (Å²) in [4.78, 5) is 42.5. The van der Waals surface area contributed by atoms with Crippen LogP contribution in [-0.2, 0) is 20.9 Å². The Morgan fingerprint density at radius 1 is 1.00 bits per heavy atom. The van der Waals surface area contributed by atoms with Crippen LogP contribution in [0, 0.1) is 22.6 Å². The summed E-state index contributed by atoms with van der Waals surface area (Å²) in [6, 6.07) is 13.8. The summed E-state index contributed by atoms with van der Waals surface area (Å²) in [5, 5.41) is 0. The number of nitrogens with zero attached hydrogens (tertiary/aromatic N) is 2. The van der Waals surface area contributed by atoms with Gasteiger partial charge in [-0.2, -0.15) is 0 Å². The van der Waals surface area contributed by atoms with Crippen molar-refractivity contribution < 1.29 is 18.8 Å². The van der Waals surface area contributed by atoms with Gasteiger partial charge in [-0.05, 0) is 40.7 Å². The van der Waals surface area contributed by atoms with Crippen LogP contribution in [0.3, 0.4) is 0 Å². The lowest BCUT2D eigenvalue weighted by Crippen LogP contribution is -2.46. The van der Waals surface area contributed by atoms with E-state index in [4.69, 9.17) is 0 Å². The number of hydrogen-bond donors (Lipinski definition) is 0. The van der Waals surface area contributed by atoms with Crippen LogP contribution in [0.2, 0.25) is 0 Å². The van der Waals surface area contributed by atoms with Crippen LogP contribution in [0.5, 0.6) is 0 Å². The van der Waals surface area contributed by atoms with Crippen molar-refractivity contribution in [3.05, 3.63) is 66.0 Å². The SMILES string of the molecule is CC1(C)C(C(=O)N(Cc2ccc(F)cc2)C2CC(=O)N(c3ccccc3)C2=O)C1(C)C. The standard InChI is InChI=1S/C25H27FN2O3/c1-24(2)21(25(24,3)4)23(31)27(15-16-10-12-17(26)13-11-16)19-14-20(29)28(22(19)30)18-8-6-5-7-9-18/h5-13,19,21H,14-15H2,1-4H3. The molecule has 1 saturated carbocycles. The van der Waals surface area contributed by atoms with E-state index in [1.165, 1.54) is 21.9 Å². The van der Waals surface area contributed by atoms with Crippen molar-refractivity contribution in [1.82, 2.24) is 4.90 Å². The Balaban J connectivity index is 1.67. The summed E-state index contributed by atoms with van der Waals surface area (Å²) in [6.45, 7) is 8.33. The highest BCUT2D eigenvalue weighted by Crippen LogP contribution is 2.69. The van der Waals surface area contributed by atoms with Crippen molar-refractivity contribution in [1.29, 1.82) is 0 Å². The minimum absolute atomic E-state index is 0.0613. The Kier molecular flexibility index (Phi) is 4.99. The van der Waals surface area contributed by atoms with Crippen molar-refractivity contribution >= 4 is 23.4 Å². The van der Waals surface area contributed by atoms with Crippen LogP contribution in [0.4, 0.5) is 10.1 Å². The molecular weight excluding hydrogens is 395 g/mol. The van der Waals surface area contributed by atoms with E-state index in [1.54, 1.807) is 36.4 Å². The second-order valence-electron chi connectivity index (χ2n) is 9.59. The Bertz CT molecular complexity index is 1020. The van der Waals surface area contributed by atoms with Crippen molar-refractivity contribution in [3.63, 3.8) is 0 Å². The average molecular weight is 423 g/mol. The van der Waals surface area contributed by atoms with Gasteiger partial charge >= 0.3 is 0 Å². The highest BCUT2D eigenvalue weighted by Gasteiger charge is 2.69. The minimum atomic E-state index is -0.877. The van der Waals surface area contributed by atoms with Crippen molar-refractivity contribution in [2.75, 3.05) is 4.90 Å². The molecule has 162 valence electrons. The van der Waals surface area contributed by atoms with E-state index < -0.39 is 11.9 Å². The molecule has 1 aliphatic heterocycles.